The maximum Gasteiger partial charge on any atom is 0.242 e. The Bertz CT molecular complexity index is 808. The summed E-state index contributed by atoms with van der Waals surface area (Å²) in [6.07, 6.45) is 1.11. The second-order valence-electron chi connectivity index (χ2n) is 6.94. The summed E-state index contributed by atoms with van der Waals surface area (Å²) >= 11 is 8.00. The highest BCUT2D eigenvalue weighted by Crippen LogP contribution is 2.33. The molecule has 1 saturated heterocycles. The van der Waals surface area contributed by atoms with E-state index in [1.165, 1.54) is 10.6 Å². The van der Waals surface area contributed by atoms with Gasteiger partial charge in [-0.2, -0.15) is 0 Å². The van der Waals surface area contributed by atoms with E-state index in [1.807, 2.05) is 34.9 Å². The highest BCUT2D eigenvalue weighted by atomic mass is 35.5. The molecule has 0 atom stereocenters. The van der Waals surface area contributed by atoms with E-state index in [0.29, 0.717) is 6.54 Å². The molecule has 2 aliphatic rings. The zero-order valence-corrected chi connectivity index (χ0v) is 16.9. The van der Waals surface area contributed by atoms with Crippen molar-refractivity contribution >= 4 is 40.6 Å². The van der Waals surface area contributed by atoms with E-state index >= 15 is 0 Å². The molecule has 2 aliphatic heterocycles. The molecular formula is C21H24ClN3OS. The Morgan fingerprint density at radius 3 is 2.63 bits per heavy atom. The first kappa shape index (κ1) is 18.5. The van der Waals surface area contributed by atoms with Gasteiger partial charge in [0.1, 0.15) is 0 Å². The predicted octanol–water partition coefficient (Wildman–Crippen LogP) is 3.99. The van der Waals surface area contributed by atoms with Crippen LogP contribution in [-0.4, -0.2) is 55.8 Å². The van der Waals surface area contributed by atoms with Crippen LogP contribution in [0, 0.1) is 0 Å². The standard InChI is InChI=1S/C21H24ClN3OS/c22-17-5-3-6-18(15-17)23-10-12-24(13-11-23)21(26)16-25-9-4-14-27-20-8-2-1-7-19(20)25/h1-3,5-8,15H,4,9-14,16H2. The lowest BCUT2D eigenvalue weighted by atomic mass is 10.2. The highest BCUT2D eigenvalue weighted by Gasteiger charge is 2.24. The molecule has 0 unspecified atom stereocenters. The van der Waals surface area contributed by atoms with Crippen molar-refractivity contribution < 1.29 is 4.79 Å². The number of nitrogens with zero attached hydrogens (tertiary/aromatic N) is 3. The summed E-state index contributed by atoms with van der Waals surface area (Å²) < 4.78 is 0. The molecule has 0 N–H and O–H groups in total. The number of carbonyl (C=O) groups excluding carboxylic acids is 1. The molecule has 2 aromatic carbocycles. The average molecular weight is 402 g/mol. The lowest BCUT2D eigenvalue weighted by Crippen LogP contribution is -2.51. The molecule has 0 aliphatic carbocycles. The van der Waals surface area contributed by atoms with Gasteiger partial charge >= 0.3 is 0 Å². The number of piperazine rings is 1. The number of fused-ring (bicyclic) bond motifs is 1. The van der Waals surface area contributed by atoms with E-state index < -0.39 is 0 Å². The number of anilines is 2. The number of halogens is 1. The van der Waals surface area contributed by atoms with Gasteiger partial charge in [-0.3, -0.25) is 4.79 Å². The van der Waals surface area contributed by atoms with Crippen molar-refractivity contribution in [2.24, 2.45) is 0 Å². The second kappa shape index (κ2) is 8.44. The number of carbonyl (C=O) groups is 1. The number of amides is 1. The average Bonchev–Trinajstić information content (AvgIpc) is 2.90. The van der Waals surface area contributed by atoms with E-state index in [0.717, 1.165) is 55.6 Å². The summed E-state index contributed by atoms with van der Waals surface area (Å²) in [6.45, 7) is 4.62. The minimum absolute atomic E-state index is 0.224. The van der Waals surface area contributed by atoms with Crippen LogP contribution < -0.4 is 9.80 Å². The van der Waals surface area contributed by atoms with Crippen LogP contribution in [0.4, 0.5) is 11.4 Å². The van der Waals surface area contributed by atoms with Crippen LogP contribution in [-0.2, 0) is 4.79 Å². The van der Waals surface area contributed by atoms with Gasteiger partial charge in [-0.1, -0.05) is 29.8 Å². The van der Waals surface area contributed by atoms with E-state index in [9.17, 15) is 4.79 Å². The van der Waals surface area contributed by atoms with Crippen molar-refractivity contribution in [3.8, 4) is 0 Å². The Hall–Kier alpha value is -1.85. The molecule has 0 aromatic heterocycles. The molecule has 1 amide bonds. The molecule has 4 nitrogen and oxygen atoms in total. The van der Waals surface area contributed by atoms with Gasteiger partial charge in [-0.25, -0.2) is 0 Å². The molecule has 0 saturated carbocycles. The lowest BCUT2D eigenvalue weighted by molar-refractivity contribution is -0.130. The van der Waals surface area contributed by atoms with Gasteiger partial charge in [0.05, 0.1) is 12.2 Å². The summed E-state index contributed by atoms with van der Waals surface area (Å²) in [4.78, 5) is 20.8. The minimum atomic E-state index is 0.224. The van der Waals surface area contributed by atoms with E-state index in [-0.39, 0.29) is 5.91 Å². The molecule has 0 spiro atoms. The third kappa shape index (κ3) is 4.36. The fraction of sp³-hybridized carbons (Fsp3) is 0.381. The Labute approximate surface area is 170 Å². The number of hydrogen-bond acceptors (Lipinski definition) is 4. The smallest absolute Gasteiger partial charge is 0.242 e. The monoisotopic (exact) mass is 401 g/mol. The molecular weight excluding hydrogens is 378 g/mol. The summed E-state index contributed by atoms with van der Waals surface area (Å²) in [5.74, 6) is 1.34. The van der Waals surface area contributed by atoms with Crippen LogP contribution >= 0.6 is 23.4 Å². The van der Waals surface area contributed by atoms with Crippen molar-refractivity contribution in [1.29, 1.82) is 0 Å². The van der Waals surface area contributed by atoms with Gasteiger partial charge in [-0.05, 0) is 42.5 Å². The third-order valence-corrected chi connectivity index (χ3v) is 6.55. The zero-order chi connectivity index (χ0) is 18.6. The highest BCUT2D eigenvalue weighted by molar-refractivity contribution is 7.99. The molecule has 6 heteroatoms. The number of benzene rings is 2. The van der Waals surface area contributed by atoms with Crippen molar-refractivity contribution in [3.63, 3.8) is 0 Å². The summed E-state index contributed by atoms with van der Waals surface area (Å²) in [5, 5.41) is 0.753. The van der Waals surface area contributed by atoms with Crippen molar-refractivity contribution in [2.75, 3.05) is 54.8 Å². The SMILES string of the molecule is O=C(CN1CCCSc2ccccc21)N1CCN(c2cccc(Cl)c2)CC1. The minimum Gasteiger partial charge on any atom is -0.368 e. The van der Waals surface area contributed by atoms with Gasteiger partial charge in [0, 0.05) is 48.3 Å². The first-order valence-corrected chi connectivity index (χ1v) is 10.8. The van der Waals surface area contributed by atoms with Gasteiger partial charge < -0.3 is 14.7 Å². The molecule has 4 rings (SSSR count). The second-order valence-corrected chi connectivity index (χ2v) is 8.51. The quantitative estimate of drug-likeness (QED) is 0.776. The number of thioether (sulfide) groups is 1. The van der Waals surface area contributed by atoms with E-state index in [1.54, 1.807) is 0 Å². The number of rotatable bonds is 3. The third-order valence-electron chi connectivity index (χ3n) is 5.17. The first-order chi connectivity index (χ1) is 13.2. The molecule has 0 radical (unpaired) electrons. The maximum absolute atomic E-state index is 12.9. The van der Waals surface area contributed by atoms with E-state index in [2.05, 4.69) is 40.1 Å². The summed E-state index contributed by atoms with van der Waals surface area (Å²) in [6, 6.07) is 16.4. The van der Waals surface area contributed by atoms with Crippen LogP contribution in [0.5, 0.6) is 0 Å². The molecule has 0 bridgehead atoms. The maximum atomic E-state index is 12.9. The summed E-state index contributed by atoms with van der Waals surface area (Å²) in [7, 11) is 0. The Morgan fingerprint density at radius 2 is 1.81 bits per heavy atom. The van der Waals surface area contributed by atoms with Gasteiger partial charge in [-0.15, -0.1) is 11.8 Å². The van der Waals surface area contributed by atoms with Crippen LogP contribution in [0.3, 0.4) is 0 Å². The molecule has 1 fully saturated rings. The van der Waals surface area contributed by atoms with Crippen LogP contribution in [0.25, 0.3) is 0 Å². The van der Waals surface area contributed by atoms with Crippen molar-refractivity contribution in [2.45, 2.75) is 11.3 Å². The lowest BCUT2D eigenvalue weighted by Gasteiger charge is -2.37. The predicted molar refractivity (Wildman–Crippen MR) is 114 cm³/mol. The molecule has 142 valence electrons. The number of hydrogen-bond donors (Lipinski definition) is 0. The topological polar surface area (TPSA) is 26.8 Å². The largest absolute Gasteiger partial charge is 0.368 e. The molecule has 2 heterocycles. The fourth-order valence-corrected chi connectivity index (χ4v) is 4.91. The zero-order valence-electron chi connectivity index (χ0n) is 15.3. The Kier molecular flexibility index (Phi) is 5.79. The number of para-hydroxylation sites is 1. The molecule has 2 aromatic rings. The van der Waals surface area contributed by atoms with Crippen molar-refractivity contribution in [3.05, 3.63) is 53.6 Å². The van der Waals surface area contributed by atoms with Gasteiger partial charge in [0.15, 0.2) is 0 Å². The normalized spacial score (nSPS) is 17.4. The van der Waals surface area contributed by atoms with Crippen LogP contribution in [0.2, 0.25) is 5.02 Å². The Morgan fingerprint density at radius 1 is 1.00 bits per heavy atom. The van der Waals surface area contributed by atoms with Crippen LogP contribution in [0.1, 0.15) is 6.42 Å². The Balaban J connectivity index is 1.37. The summed E-state index contributed by atoms with van der Waals surface area (Å²) in [5.41, 5.74) is 2.33. The fourth-order valence-electron chi connectivity index (χ4n) is 3.71. The van der Waals surface area contributed by atoms with Gasteiger partial charge in [0.2, 0.25) is 5.91 Å². The molecule has 27 heavy (non-hydrogen) atoms. The van der Waals surface area contributed by atoms with Crippen molar-refractivity contribution in [1.82, 2.24) is 4.90 Å². The van der Waals surface area contributed by atoms with Crippen LogP contribution in [0.15, 0.2) is 53.4 Å². The first-order valence-electron chi connectivity index (χ1n) is 9.46. The van der Waals surface area contributed by atoms with E-state index in [4.69, 9.17) is 11.6 Å². The van der Waals surface area contributed by atoms with Gasteiger partial charge in [0.25, 0.3) is 0 Å².